The molecular formula is C22H24F3NO4. The van der Waals surface area contributed by atoms with Crippen LogP contribution in [0.2, 0.25) is 0 Å². The van der Waals surface area contributed by atoms with Gasteiger partial charge in [-0.05, 0) is 37.0 Å². The van der Waals surface area contributed by atoms with Gasteiger partial charge in [-0.2, -0.15) is 0 Å². The summed E-state index contributed by atoms with van der Waals surface area (Å²) in [5.41, 5.74) is 0.910. The summed E-state index contributed by atoms with van der Waals surface area (Å²) in [6.45, 7) is 1.21. The number of phenols is 1. The molecule has 1 fully saturated rings. The number of hydrogen-bond acceptors (Lipinski definition) is 4. The number of halogens is 3. The molecule has 1 N–H and O–H groups in total. The molecule has 1 aliphatic heterocycles. The number of aryl methyl sites for hydroxylation is 1. The topological polar surface area (TPSA) is 59.0 Å². The van der Waals surface area contributed by atoms with Gasteiger partial charge >= 0.3 is 6.36 Å². The first-order chi connectivity index (χ1) is 14.3. The molecule has 162 valence electrons. The minimum atomic E-state index is -4.79. The van der Waals surface area contributed by atoms with Crippen molar-refractivity contribution in [2.45, 2.75) is 44.7 Å². The van der Waals surface area contributed by atoms with E-state index in [9.17, 15) is 23.1 Å². The van der Waals surface area contributed by atoms with Gasteiger partial charge in [0.2, 0.25) is 5.91 Å². The second-order valence-corrected chi connectivity index (χ2v) is 7.19. The maximum absolute atomic E-state index is 12.9. The largest absolute Gasteiger partial charge is 0.573 e. The monoisotopic (exact) mass is 423 g/mol. The van der Waals surface area contributed by atoms with Crippen LogP contribution in [0.4, 0.5) is 13.2 Å². The van der Waals surface area contributed by atoms with E-state index in [-0.39, 0.29) is 42.9 Å². The smallest absolute Gasteiger partial charge is 0.508 e. The highest BCUT2D eigenvalue weighted by Gasteiger charge is 2.32. The molecule has 2 aromatic rings. The summed E-state index contributed by atoms with van der Waals surface area (Å²) in [6, 6.07) is 12.6. The van der Waals surface area contributed by atoms with Gasteiger partial charge in [0, 0.05) is 31.7 Å². The summed E-state index contributed by atoms with van der Waals surface area (Å²) in [5.74, 6) is -0.439. The molecular weight excluding hydrogens is 399 g/mol. The Balaban J connectivity index is 1.69. The average molecular weight is 423 g/mol. The Labute approximate surface area is 173 Å². The van der Waals surface area contributed by atoms with Crippen LogP contribution >= 0.6 is 0 Å². The number of nitrogens with zero attached hydrogens (tertiary/aromatic N) is 1. The third-order valence-electron chi connectivity index (χ3n) is 4.96. The number of hydrogen-bond donors (Lipinski definition) is 1. The van der Waals surface area contributed by atoms with Gasteiger partial charge in [0.25, 0.3) is 0 Å². The fourth-order valence-electron chi connectivity index (χ4n) is 3.47. The summed E-state index contributed by atoms with van der Waals surface area (Å²) in [6.07, 6.45) is -3.00. The van der Waals surface area contributed by atoms with Gasteiger partial charge in [0.1, 0.15) is 11.5 Å². The highest BCUT2D eigenvalue weighted by Crippen LogP contribution is 2.27. The summed E-state index contributed by atoms with van der Waals surface area (Å²) in [4.78, 5) is 14.5. The fourth-order valence-corrected chi connectivity index (χ4v) is 3.47. The van der Waals surface area contributed by atoms with E-state index in [2.05, 4.69) is 4.74 Å². The van der Waals surface area contributed by atoms with E-state index in [1.807, 2.05) is 0 Å². The Morgan fingerprint density at radius 3 is 2.50 bits per heavy atom. The molecule has 3 rings (SSSR count). The maximum atomic E-state index is 12.9. The predicted molar refractivity (Wildman–Crippen MR) is 104 cm³/mol. The molecule has 1 unspecified atom stereocenters. The molecule has 2 aromatic carbocycles. The van der Waals surface area contributed by atoms with Crippen molar-refractivity contribution in [1.29, 1.82) is 0 Å². The minimum absolute atomic E-state index is 0.0124. The normalized spacial score (nSPS) is 16.4. The molecule has 8 heteroatoms. The molecule has 1 aliphatic rings. The maximum Gasteiger partial charge on any atom is 0.573 e. The van der Waals surface area contributed by atoms with E-state index in [1.54, 1.807) is 35.2 Å². The van der Waals surface area contributed by atoms with Gasteiger partial charge in [-0.15, -0.1) is 13.2 Å². The van der Waals surface area contributed by atoms with Gasteiger partial charge < -0.3 is 19.5 Å². The van der Waals surface area contributed by atoms with Crippen molar-refractivity contribution >= 4 is 5.91 Å². The van der Waals surface area contributed by atoms with Crippen molar-refractivity contribution in [3.8, 4) is 11.5 Å². The Kier molecular flexibility index (Phi) is 7.20. The van der Waals surface area contributed by atoms with Crippen LogP contribution in [-0.4, -0.2) is 41.5 Å². The highest BCUT2D eigenvalue weighted by molar-refractivity contribution is 5.76. The number of rotatable bonds is 8. The van der Waals surface area contributed by atoms with Gasteiger partial charge in [-0.1, -0.05) is 36.4 Å². The van der Waals surface area contributed by atoms with Crippen LogP contribution in [0.1, 0.15) is 30.4 Å². The molecule has 0 spiro atoms. The average Bonchev–Trinajstić information content (AvgIpc) is 3.20. The van der Waals surface area contributed by atoms with E-state index in [0.29, 0.717) is 24.3 Å². The second-order valence-electron chi connectivity index (χ2n) is 7.19. The lowest BCUT2D eigenvalue weighted by molar-refractivity contribution is -0.274. The van der Waals surface area contributed by atoms with E-state index >= 15 is 0 Å². The third kappa shape index (κ3) is 6.38. The lowest BCUT2D eigenvalue weighted by Gasteiger charge is -2.26. The quantitative estimate of drug-likeness (QED) is 0.683. The second kappa shape index (κ2) is 9.84. The SMILES string of the molecule is O=C(CCc1ccccc1OC(F)(F)F)N(Cc1ccccc1O)CC1CCCO1. The van der Waals surface area contributed by atoms with Gasteiger partial charge in [0.05, 0.1) is 6.10 Å². The van der Waals surface area contributed by atoms with Crippen molar-refractivity contribution in [1.82, 2.24) is 4.90 Å². The zero-order valence-electron chi connectivity index (χ0n) is 16.4. The van der Waals surface area contributed by atoms with Crippen LogP contribution in [-0.2, 0) is 22.5 Å². The zero-order chi connectivity index (χ0) is 21.6. The number of carbonyl (C=O) groups is 1. The number of ether oxygens (including phenoxy) is 2. The molecule has 1 amide bonds. The lowest BCUT2D eigenvalue weighted by Crippen LogP contribution is -2.37. The molecule has 5 nitrogen and oxygen atoms in total. The summed E-state index contributed by atoms with van der Waals surface area (Å²) in [5, 5.41) is 10.1. The highest BCUT2D eigenvalue weighted by atomic mass is 19.4. The first-order valence-electron chi connectivity index (χ1n) is 9.82. The number of para-hydroxylation sites is 2. The zero-order valence-corrected chi connectivity index (χ0v) is 16.4. The number of aromatic hydroxyl groups is 1. The van der Waals surface area contributed by atoms with Gasteiger partial charge in [0.15, 0.2) is 0 Å². The molecule has 1 atom stereocenters. The van der Waals surface area contributed by atoms with E-state index in [4.69, 9.17) is 4.74 Å². The first kappa shape index (κ1) is 22.0. The molecule has 0 saturated carbocycles. The first-order valence-corrected chi connectivity index (χ1v) is 9.82. The molecule has 0 radical (unpaired) electrons. The van der Waals surface area contributed by atoms with Crippen molar-refractivity contribution in [3.05, 3.63) is 59.7 Å². The summed E-state index contributed by atoms with van der Waals surface area (Å²) in [7, 11) is 0. The Bertz CT molecular complexity index is 850. The van der Waals surface area contributed by atoms with Crippen molar-refractivity contribution in [3.63, 3.8) is 0 Å². The van der Waals surface area contributed by atoms with E-state index in [0.717, 1.165) is 12.8 Å². The molecule has 30 heavy (non-hydrogen) atoms. The number of phenolic OH excluding ortho intramolecular Hbond substituents is 1. The van der Waals surface area contributed by atoms with Crippen molar-refractivity contribution < 1.29 is 32.5 Å². The standard InChI is InChI=1S/C22H24F3NO4/c23-22(24,25)30-20-10-4-2-6-16(20)11-12-21(28)26(15-18-8-5-13-29-18)14-17-7-1-3-9-19(17)27/h1-4,6-7,9-10,18,27H,5,8,11-15H2. The third-order valence-corrected chi connectivity index (χ3v) is 4.96. The van der Waals surface area contributed by atoms with Crippen molar-refractivity contribution in [2.24, 2.45) is 0 Å². The molecule has 0 bridgehead atoms. The van der Waals surface area contributed by atoms with Crippen LogP contribution in [0.25, 0.3) is 0 Å². The Morgan fingerprint density at radius 2 is 1.83 bits per heavy atom. The van der Waals surface area contributed by atoms with Gasteiger partial charge in [-0.25, -0.2) is 0 Å². The van der Waals surface area contributed by atoms with Crippen LogP contribution in [0.3, 0.4) is 0 Å². The molecule has 1 saturated heterocycles. The summed E-state index contributed by atoms with van der Waals surface area (Å²) >= 11 is 0. The number of benzene rings is 2. The van der Waals surface area contributed by atoms with Crippen LogP contribution in [0.5, 0.6) is 11.5 Å². The van der Waals surface area contributed by atoms with Crippen LogP contribution in [0, 0.1) is 0 Å². The van der Waals surface area contributed by atoms with Crippen LogP contribution < -0.4 is 4.74 Å². The summed E-state index contributed by atoms with van der Waals surface area (Å²) < 4.78 is 47.6. The van der Waals surface area contributed by atoms with Crippen LogP contribution in [0.15, 0.2) is 48.5 Å². The fraction of sp³-hybridized carbons (Fsp3) is 0.409. The minimum Gasteiger partial charge on any atom is -0.508 e. The number of alkyl halides is 3. The Morgan fingerprint density at radius 1 is 1.13 bits per heavy atom. The lowest BCUT2D eigenvalue weighted by atomic mass is 10.1. The number of carbonyl (C=O) groups excluding carboxylic acids is 1. The van der Waals surface area contributed by atoms with Gasteiger partial charge in [-0.3, -0.25) is 4.79 Å². The Hall–Kier alpha value is -2.74. The molecule has 0 aromatic heterocycles. The molecule has 1 heterocycles. The number of amides is 1. The van der Waals surface area contributed by atoms with Crippen molar-refractivity contribution in [2.75, 3.05) is 13.2 Å². The van der Waals surface area contributed by atoms with E-state index < -0.39 is 6.36 Å². The predicted octanol–water partition coefficient (Wildman–Crippen LogP) is 4.43. The molecule has 0 aliphatic carbocycles. The van der Waals surface area contributed by atoms with E-state index in [1.165, 1.54) is 18.2 Å².